The van der Waals surface area contributed by atoms with Crippen molar-refractivity contribution in [1.82, 2.24) is 0 Å². The smallest absolute Gasteiger partial charge is 0.0186 e. The third-order valence-corrected chi connectivity index (χ3v) is 2.49. The molecule has 0 nitrogen and oxygen atoms in total. The zero-order valence-corrected chi connectivity index (χ0v) is 7.64. The van der Waals surface area contributed by atoms with Gasteiger partial charge >= 0.3 is 0 Å². The lowest BCUT2D eigenvalue weighted by molar-refractivity contribution is 0.568. The summed E-state index contributed by atoms with van der Waals surface area (Å²) in [5, 5.41) is 0. The topological polar surface area (TPSA) is 0 Å². The number of hydrogen-bond donors (Lipinski definition) is 1. The Hall–Kier alpha value is 0.780. The van der Waals surface area contributed by atoms with Crippen molar-refractivity contribution in [2.75, 3.05) is 0 Å². The molecule has 0 bridgehead atoms. The highest BCUT2D eigenvalue weighted by Crippen LogP contribution is 2.20. The summed E-state index contributed by atoms with van der Waals surface area (Å²) in [6, 6.07) is 0. The van der Waals surface area contributed by atoms with Crippen LogP contribution < -0.4 is 0 Å². The molecule has 0 rings (SSSR count). The van der Waals surface area contributed by atoms with Gasteiger partial charge in [-0.15, -0.1) is 9.24 Å². The second-order valence-corrected chi connectivity index (χ2v) is 4.13. The minimum atomic E-state index is 0.481. The molecule has 8 heavy (non-hydrogen) atoms. The van der Waals surface area contributed by atoms with Crippen molar-refractivity contribution in [3.63, 3.8) is 0 Å². The highest BCUT2D eigenvalue weighted by atomic mass is 32.1. The van der Waals surface area contributed by atoms with E-state index >= 15 is 0 Å². The summed E-state index contributed by atoms with van der Waals surface area (Å²) in [4.78, 5) is 0.481. The lowest BCUT2D eigenvalue weighted by atomic mass is 10.1. The van der Waals surface area contributed by atoms with Crippen LogP contribution in [-0.4, -0.2) is 4.99 Å². The molecule has 0 N–H and O–H groups in total. The molecule has 0 aliphatic carbocycles. The van der Waals surface area contributed by atoms with E-state index in [1.807, 2.05) is 0 Å². The highest BCUT2D eigenvalue weighted by molar-refractivity contribution is 7.85. The van der Waals surface area contributed by atoms with E-state index in [0.717, 1.165) is 5.92 Å². The maximum Gasteiger partial charge on any atom is 0.0186 e. The molecular weight excluding hydrogens is 135 g/mol. The van der Waals surface area contributed by atoms with Gasteiger partial charge in [-0.2, -0.15) is 12.6 Å². The minimum Gasteiger partial charge on any atom is -0.171 e. The lowest BCUT2D eigenvalue weighted by Crippen LogP contribution is -2.02. The van der Waals surface area contributed by atoms with Crippen LogP contribution in [0.2, 0.25) is 0 Å². The first-order valence-electron chi connectivity index (χ1n) is 3.12. The predicted molar refractivity (Wildman–Crippen MR) is 46.6 cm³/mol. The van der Waals surface area contributed by atoms with E-state index in [2.05, 4.69) is 35.7 Å². The van der Waals surface area contributed by atoms with Gasteiger partial charge in [0.2, 0.25) is 0 Å². The van der Waals surface area contributed by atoms with Crippen LogP contribution in [0.25, 0.3) is 0 Å². The normalized spacial score (nSPS) is 18.0. The van der Waals surface area contributed by atoms with Gasteiger partial charge < -0.3 is 0 Å². The van der Waals surface area contributed by atoms with Crippen molar-refractivity contribution in [2.45, 2.75) is 31.7 Å². The van der Waals surface area contributed by atoms with Gasteiger partial charge in [0.15, 0.2) is 0 Å². The molecule has 3 atom stereocenters. The van der Waals surface area contributed by atoms with Gasteiger partial charge in [-0.1, -0.05) is 20.3 Å². The average Bonchev–Trinajstić information content (AvgIpc) is 1.67. The SMILES string of the molecule is CCCC(C)C(P)S. The zero-order valence-electron chi connectivity index (χ0n) is 5.59. The molecule has 2 heteroatoms. The molecule has 0 amide bonds. The lowest BCUT2D eigenvalue weighted by Gasteiger charge is -2.11. The molecule has 0 aliphatic rings. The molecule has 0 saturated carbocycles. The Kier molecular flexibility index (Phi) is 5.09. The van der Waals surface area contributed by atoms with E-state index < -0.39 is 0 Å². The van der Waals surface area contributed by atoms with Crippen molar-refractivity contribution >= 4 is 21.9 Å². The quantitative estimate of drug-likeness (QED) is 0.464. The monoisotopic (exact) mass is 150 g/mol. The molecule has 0 fully saturated rings. The van der Waals surface area contributed by atoms with Crippen LogP contribution >= 0.6 is 21.9 Å². The van der Waals surface area contributed by atoms with Crippen LogP contribution in [-0.2, 0) is 0 Å². The van der Waals surface area contributed by atoms with Crippen molar-refractivity contribution < 1.29 is 0 Å². The first-order chi connectivity index (χ1) is 3.68. The summed E-state index contributed by atoms with van der Waals surface area (Å²) in [5.41, 5.74) is 0. The van der Waals surface area contributed by atoms with E-state index in [0.29, 0.717) is 4.99 Å². The summed E-state index contributed by atoms with van der Waals surface area (Å²) in [6.07, 6.45) is 2.56. The summed E-state index contributed by atoms with van der Waals surface area (Å²) in [6.45, 7) is 4.44. The Morgan fingerprint density at radius 3 is 2.25 bits per heavy atom. The Bertz CT molecular complexity index is 54.5. The van der Waals surface area contributed by atoms with Gasteiger partial charge in [0.1, 0.15) is 0 Å². The molecule has 0 aromatic heterocycles. The van der Waals surface area contributed by atoms with Crippen LogP contribution in [0, 0.1) is 5.92 Å². The Morgan fingerprint density at radius 1 is 1.62 bits per heavy atom. The van der Waals surface area contributed by atoms with Crippen LogP contribution in [0.4, 0.5) is 0 Å². The van der Waals surface area contributed by atoms with E-state index in [9.17, 15) is 0 Å². The van der Waals surface area contributed by atoms with Gasteiger partial charge in [-0.25, -0.2) is 0 Å². The van der Waals surface area contributed by atoms with Crippen LogP contribution in [0.15, 0.2) is 0 Å². The first-order valence-corrected chi connectivity index (χ1v) is 4.30. The molecule has 0 radical (unpaired) electrons. The standard InChI is InChI=1S/C6H15PS/c1-3-4-5(2)6(7)8/h5-6,8H,3-4,7H2,1-2H3. The van der Waals surface area contributed by atoms with E-state index in [-0.39, 0.29) is 0 Å². The van der Waals surface area contributed by atoms with Crippen molar-refractivity contribution in [3.05, 3.63) is 0 Å². The molecule has 0 aliphatic heterocycles. The van der Waals surface area contributed by atoms with E-state index in [4.69, 9.17) is 0 Å². The zero-order chi connectivity index (χ0) is 6.57. The van der Waals surface area contributed by atoms with Gasteiger partial charge in [0, 0.05) is 4.99 Å². The third kappa shape index (κ3) is 3.74. The predicted octanol–water partition coefficient (Wildman–Crippen LogP) is 2.55. The molecule has 0 saturated heterocycles. The maximum atomic E-state index is 4.29. The van der Waals surface area contributed by atoms with Gasteiger partial charge in [0.05, 0.1) is 0 Å². The number of rotatable bonds is 3. The third-order valence-electron chi connectivity index (χ3n) is 1.33. The molecule has 3 unspecified atom stereocenters. The maximum absolute atomic E-state index is 4.29. The molecule has 0 aromatic carbocycles. The average molecular weight is 150 g/mol. The fourth-order valence-corrected chi connectivity index (χ4v) is 0.968. The van der Waals surface area contributed by atoms with Gasteiger partial charge in [-0.05, 0) is 12.3 Å². The van der Waals surface area contributed by atoms with Gasteiger partial charge in [0.25, 0.3) is 0 Å². The van der Waals surface area contributed by atoms with E-state index in [1.165, 1.54) is 12.8 Å². The highest BCUT2D eigenvalue weighted by Gasteiger charge is 2.04. The molecular formula is C6H15PS. The summed E-state index contributed by atoms with van der Waals surface area (Å²) < 4.78 is 0. The first kappa shape index (κ1) is 8.78. The van der Waals surface area contributed by atoms with Crippen LogP contribution in [0.5, 0.6) is 0 Å². The Morgan fingerprint density at radius 2 is 2.12 bits per heavy atom. The minimum absolute atomic E-state index is 0.481. The largest absolute Gasteiger partial charge is 0.171 e. The summed E-state index contributed by atoms with van der Waals surface area (Å²) in [5.74, 6) is 0.744. The summed E-state index contributed by atoms with van der Waals surface area (Å²) >= 11 is 4.29. The number of thiol groups is 1. The Labute approximate surface area is 60.0 Å². The second-order valence-electron chi connectivity index (χ2n) is 2.26. The van der Waals surface area contributed by atoms with Crippen LogP contribution in [0.3, 0.4) is 0 Å². The van der Waals surface area contributed by atoms with Crippen molar-refractivity contribution in [2.24, 2.45) is 5.92 Å². The van der Waals surface area contributed by atoms with Crippen molar-refractivity contribution in [3.8, 4) is 0 Å². The molecule has 0 spiro atoms. The van der Waals surface area contributed by atoms with Gasteiger partial charge in [-0.3, -0.25) is 0 Å². The molecule has 0 aromatic rings. The fraction of sp³-hybridized carbons (Fsp3) is 1.00. The van der Waals surface area contributed by atoms with Crippen molar-refractivity contribution in [1.29, 1.82) is 0 Å². The van der Waals surface area contributed by atoms with Crippen LogP contribution in [0.1, 0.15) is 26.7 Å². The second kappa shape index (κ2) is 4.64. The Balaban J connectivity index is 3.17. The van der Waals surface area contributed by atoms with E-state index in [1.54, 1.807) is 0 Å². The number of hydrogen-bond acceptors (Lipinski definition) is 1. The molecule has 0 heterocycles. The summed E-state index contributed by atoms with van der Waals surface area (Å²) in [7, 11) is 2.71. The fourth-order valence-electron chi connectivity index (χ4n) is 0.626. The molecule has 50 valence electrons.